The summed E-state index contributed by atoms with van der Waals surface area (Å²) in [5, 5.41) is 16.2. The lowest BCUT2D eigenvalue weighted by atomic mass is 10.1. The van der Waals surface area contributed by atoms with Gasteiger partial charge in [0.05, 0.1) is 24.4 Å². The van der Waals surface area contributed by atoms with Gasteiger partial charge in [-0.2, -0.15) is 4.68 Å². The SMILES string of the molecule is CCOC(=O)c1ccc(-c2ccc(CNCCCSc3nnnn3-c3ccccc3)o2)cc1. The molecule has 0 bridgehead atoms. The van der Waals surface area contributed by atoms with Crippen LogP contribution in [0.1, 0.15) is 29.5 Å². The smallest absolute Gasteiger partial charge is 0.338 e. The number of thioether (sulfide) groups is 1. The van der Waals surface area contributed by atoms with E-state index in [1.54, 1.807) is 35.5 Å². The zero-order valence-electron chi connectivity index (χ0n) is 18.3. The van der Waals surface area contributed by atoms with E-state index in [-0.39, 0.29) is 5.97 Å². The van der Waals surface area contributed by atoms with Gasteiger partial charge >= 0.3 is 5.97 Å². The summed E-state index contributed by atoms with van der Waals surface area (Å²) in [6.07, 6.45) is 0.967. The number of aromatic nitrogens is 4. The molecule has 4 aromatic rings. The number of carbonyl (C=O) groups is 1. The number of benzene rings is 2. The monoisotopic (exact) mass is 463 g/mol. The Morgan fingerprint density at radius 1 is 1.09 bits per heavy atom. The highest BCUT2D eigenvalue weighted by molar-refractivity contribution is 7.99. The fraction of sp³-hybridized carbons (Fsp3) is 0.250. The number of rotatable bonds is 11. The molecule has 0 aliphatic carbocycles. The molecule has 2 aromatic heterocycles. The maximum absolute atomic E-state index is 11.8. The van der Waals surface area contributed by atoms with Gasteiger partial charge in [-0.1, -0.05) is 42.1 Å². The number of furan rings is 1. The molecule has 0 unspecified atom stereocenters. The lowest BCUT2D eigenvalue weighted by Gasteiger charge is -2.05. The van der Waals surface area contributed by atoms with Crippen LogP contribution in [0.5, 0.6) is 0 Å². The van der Waals surface area contributed by atoms with E-state index in [4.69, 9.17) is 9.15 Å². The van der Waals surface area contributed by atoms with Crippen LogP contribution >= 0.6 is 11.8 Å². The first-order valence-corrected chi connectivity index (χ1v) is 11.8. The molecule has 1 N–H and O–H groups in total. The van der Waals surface area contributed by atoms with Gasteiger partial charge in [-0.15, -0.1) is 5.10 Å². The number of para-hydroxylation sites is 1. The molecule has 0 atom stereocenters. The summed E-state index contributed by atoms with van der Waals surface area (Å²) < 4.78 is 12.7. The molecule has 0 spiro atoms. The van der Waals surface area contributed by atoms with E-state index in [1.807, 2.05) is 54.6 Å². The lowest BCUT2D eigenvalue weighted by Crippen LogP contribution is -2.14. The van der Waals surface area contributed by atoms with Gasteiger partial charge in [0.15, 0.2) is 0 Å². The fourth-order valence-corrected chi connectivity index (χ4v) is 4.02. The van der Waals surface area contributed by atoms with Gasteiger partial charge in [-0.3, -0.25) is 0 Å². The quantitative estimate of drug-likeness (QED) is 0.199. The van der Waals surface area contributed by atoms with E-state index in [0.29, 0.717) is 18.7 Å². The summed E-state index contributed by atoms with van der Waals surface area (Å²) in [5.74, 6) is 2.21. The van der Waals surface area contributed by atoms with Gasteiger partial charge in [0.1, 0.15) is 11.5 Å². The second kappa shape index (κ2) is 11.4. The molecule has 0 radical (unpaired) electrons. The summed E-state index contributed by atoms with van der Waals surface area (Å²) in [4.78, 5) is 11.8. The van der Waals surface area contributed by atoms with Crippen molar-refractivity contribution in [3.8, 4) is 17.0 Å². The third-order valence-electron chi connectivity index (χ3n) is 4.81. The Morgan fingerprint density at radius 3 is 2.70 bits per heavy atom. The highest BCUT2D eigenvalue weighted by atomic mass is 32.2. The summed E-state index contributed by atoms with van der Waals surface area (Å²) >= 11 is 1.63. The molecular weight excluding hydrogens is 438 g/mol. The fourth-order valence-electron chi connectivity index (χ4n) is 3.19. The summed E-state index contributed by atoms with van der Waals surface area (Å²) in [7, 11) is 0. The largest absolute Gasteiger partial charge is 0.462 e. The molecule has 0 amide bonds. The van der Waals surface area contributed by atoms with E-state index in [0.717, 1.165) is 46.6 Å². The summed E-state index contributed by atoms with van der Waals surface area (Å²) in [6, 6.07) is 21.0. The van der Waals surface area contributed by atoms with E-state index < -0.39 is 0 Å². The summed E-state index contributed by atoms with van der Waals surface area (Å²) in [6.45, 7) is 3.65. The van der Waals surface area contributed by atoms with E-state index in [1.165, 1.54) is 0 Å². The number of tetrazole rings is 1. The maximum atomic E-state index is 11.8. The molecular formula is C24H25N5O3S. The Hall–Kier alpha value is -3.43. The Morgan fingerprint density at radius 2 is 1.91 bits per heavy atom. The highest BCUT2D eigenvalue weighted by Crippen LogP contribution is 2.23. The van der Waals surface area contributed by atoms with Gasteiger partial charge in [0, 0.05) is 11.3 Å². The van der Waals surface area contributed by atoms with Gasteiger partial charge in [-0.25, -0.2) is 4.79 Å². The number of hydrogen-bond donors (Lipinski definition) is 1. The minimum Gasteiger partial charge on any atom is -0.462 e. The molecule has 2 heterocycles. The highest BCUT2D eigenvalue weighted by Gasteiger charge is 2.10. The van der Waals surface area contributed by atoms with Crippen molar-refractivity contribution < 1.29 is 13.9 Å². The molecule has 4 rings (SSSR count). The minimum absolute atomic E-state index is 0.317. The van der Waals surface area contributed by atoms with Crippen molar-refractivity contribution in [1.29, 1.82) is 0 Å². The van der Waals surface area contributed by atoms with Crippen molar-refractivity contribution in [2.24, 2.45) is 0 Å². The average Bonchev–Trinajstić information content (AvgIpc) is 3.52. The second-order valence-electron chi connectivity index (χ2n) is 7.15. The molecule has 170 valence electrons. The summed E-state index contributed by atoms with van der Waals surface area (Å²) in [5.41, 5.74) is 2.40. The molecule has 0 fully saturated rings. The van der Waals surface area contributed by atoms with Crippen LogP contribution in [0.4, 0.5) is 0 Å². The van der Waals surface area contributed by atoms with Crippen LogP contribution in [0, 0.1) is 0 Å². The lowest BCUT2D eigenvalue weighted by molar-refractivity contribution is 0.0526. The van der Waals surface area contributed by atoms with Crippen LogP contribution in [0.3, 0.4) is 0 Å². The topological polar surface area (TPSA) is 95.1 Å². The number of nitrogens with one attached hydrogen (secondary N) is 1. The number of hydrogen-bond acceptors (Lipinski definition) is 8. The van der Waals surface area contributed by atoms with E-state index in [9.17, 15) is 4.79 Å². The van der Waals surface area contributed by atoms with E-state index in [2.05, 4.69) is 20.8 Å². The number of nitrogens with zero attached hydrogens (tertiary/aromatic N) is 4. The first kappa shape index (κ1) is 22.8. The molecule has 33 heavy (non-hydrogen) atoms. The van der Waals surface area contributed by atoms with Crippen molar-refractivity contribution >= 4 is 17.7 Å². The average molecular weight is 464 g/mol. The first-order valence-electron chi connectivity index (χ1n) is 10.8. The van der Waals surface area contributed by atoms with Gasteiger partial charge in [0.25, 0.3) is 0 Å². The normalized spacial score (nSPS) is 10.9. The van der Waals surface area contributed by atoms with Gasteiger partial charge < -0.3 is 14.5 Å². The van der Waals surface area contributed by atoms with Crippen LogP contribution in [-0.2, 0) is 11.3 Å². The molecule has 0 saturated carbocycles. The van der Waals surface area contributed by atoms with Crippen molar-refractivity contribution in [2.75, 3.05) is 18.9 Å². The van der Waals surface area contributed by atoms with Crippen LogP contribution in [0.15, 0.2) is 76.3 Å². The van der Waals surface area contributed by atoms with Crippen LogP contribution in [-0.4, -0.2) is 45.1 Å². The van der Waals surface area contributed by atoms with Crippen molar-refractivity contribution in [2.45, 2.75) is 25.0 Å². The third kappa shape index (κ3) is 6.09. The molecule has 0 aliphatic heterocycles. The zero-order chi connectivity index (χ0) is 22.9. The Balaban J connectivity index is 1.20. The standard InChI is InChI=1S/C24H25N5O3S/c1-2-31-23(30)19-11-9-18(10-12-19)22-14-13-21(32-22)17-25-15-6-16-33-24-26-27-28-29(24)20-7-4-3-5-8-20/h3-5,7-14,25H,2,6,15-17H2,1H3. The van der Waals surface area contributed by atoms with Crippen molar-refractivity contribution in [3.05, 3.63) is 78.1 Å². The molecule has 8 nitrogen and oxygen atoms in total. The van der Waals surface area contributed by atoms with Gasteiger partial charge in [0.2, 0.25) is 5.16 Å². The predicted molar refractivity (Wildman–Crippen MR) is 126 cm³/mol. The van der Waals surface area contributed by atoms with Crippen molar-refractivity contribution in [3.63, 3.8) is 0 Å². The third-order valence-corrected chi connectivity index (χ3v) is 5.82. The van der Waals surface area contributed by atoms with Crippen LogP contribution in [0.2, 0.25) is 0 Å². The minimum atomic E-state index is -0.317. The molecule has 0 saturated heterocycles. The molecule has 2 aromatic carbocycles. The van der Waals surface area contributed by atoms with Crippen molar-refractivity contribution in [1.82, 2.24) is 25.5 Å². The zero-order valence-corrected chi connectivity index (χ0v) is 19.1. The second-order valence-corrected chi connectivity index (χ2v) is 8.21. The maximum Gasteiger partial charge on any atom is 0.338 e. The Kier molecular flexibility index (Phi) is 7.89. The predicted octanol–water partition coefficient (Wildman–Crippen LogP) is 4.37. The van der Waals surface area contributed by atoms with Crippen LogP contribution < -0.4 is 5.32 Å². The van der Waals surface area contributed by atoms with Crippen LogP contribution in [0.25, 0.3) is 17.0 Å². The number of esters is 1. The number of ether oxygens (including phenoxy) is 1. The number of carbonyl (C=O) groups excluding carboxylic acids is 1. The molecule has 0 aliphatic rings. The first-order chi connectivity index (χ1) is 16.2. The molecule has 9 heteroatoms. The van der Waals surface area contributed by atoms with Gasteiger partial charge in [-0.05, 0) is 66.7 Å². The Bertz CT molecular complexity index is 1160. The Labute approximate surface area is 196 Å². The van der Waals surface area contributed by atoms with E-state index >= 15 is 0 Å².